The number of amides is 1. The lowest BCUT2D eigenvalue weighted by Crippen LogP contribution is -2.13. The number of carbonyl (C=O) groups excluding carboxylic acids is 1. The molecule has 0 spiro atoms. The lowest BCUT2D eigenvalue weighted by atomic mass is 10.0. The average Bonchev–Trinajstić information content (AvgIpc) is 2.59. The highest BCUT2D eigenvalue weighted by atomic mass is 79.9. The molecule has 0 aliphatic carbocycles. The summed E-state index contributed by atoms with van der Waals surface area (Å²) in [6.45, 7) is 4.03. The molecule has 24 heavy (non-hydrogen) atoms. The largest absolute Gasteiger partial charge is 0.321 e. The predicted octanol–water partition coefficient (Wildman–Crippen LogP) is 5.99. The summed E-state index contributed by atoms with van der Waals surface area (Å²) in [6, 6.07) is 21.8. The third kappa shape index (κ3) is 3.57. The van der Waals surface area contributed by atoms with Crippen LogP contribution in [0.4, 0.5) is 5.69 Å². The second kappa shape index (κ2) is 7.02. The molecule has 3 rings (SSSR count). The number of rotatable bonds is 3. The molecule has 0 aliphatic rings. The number of carbonyl (C=O) groups is 1. The van der Waals surface area contributed by atoms with Crippen molar-refractivity contribution in [3.63, 3.8) is 0 Å². The van der Waals surface area contributed by atoms with Gasteiger partial charge in [-0.05, 0) is 70.2 Å². The van der Waals surface area contributed by atoms with Crippen LogP contribution in [0, 0.1) is 13.8 Å². The summed E-state index contributed by atoms with van der Waals surface area (Å²) in [5.74, 6) is -0.109. The van der Waals surface area contributed by atoms with Crippen LogP contribution in [-0.2, 0) is 0 Å². The fourth-order valence-electron chi connectivity index (χ4n) is 2.70. The number of benzene rings is 3. The summed E-state index contributed by atoms with van der Waals surface area (Å²) >= 11 is 3.53. The van der Waals surface area contributed by atoms with Crippen LogP contribution in [-0.4, -0.2) is 5.91 Å². The zero-order chi connectivity index (χ0) is 17.1. The topological polar surface area (TPSA) is 29.1 Å². The molecule has 3 aromatic carbocycles. The van der Waals surface area contributed by atoms with Crippen molar-refractivity contribution < 1.29 is 4.79 Å². The summed E-state index contributed by atoms with van der Waals surface area (Å²) in [5.41, 5.74) is 5.89. The van der Waals surface area contributed by atoms with Crippen LogP contribution in [0.1, 0.15) is 21.5 Å². The van der Waals surface area contributed by atoms with Gasteiger partial charge in [0.25, 0.3) is 5.91 Å². The predicted molar refractivity (Wildman–Crippen MR) is 103 cm³/mol. The van der Waals surface area contributed by atoms with Crippen molar-refractivity contribution in [2.24, 2.45) is 0 Å². The van der Waals surface area contributed by atoms with Gasteiger partial charge in [0, 0.05) is 10.0 Å². The van der Waals surface area contributed by atoms with E-state index in [-0.39, 0.29) is 5.91 Å². The first-order chi connectivity index (χ1) is 11.5. The van der Waals surface area contributed by atoms with Gasteiger partial charge in [0.1, 0.15) is 0 Å². The minimum atomic E-state index is -0.109. The SMILES string of the molecule is Cc1cc(C)c(NC(=O)c2ccc(-c3ccccc3)cc2)c(Br)c1. The molecule has 0 bridgehead atoms. The molecule has 0 aromatic heterocycles. The molecule has 3 aromatic rings. The molecule has 2 nitrogen and oxygen atoms in total. The Hall–Kier alpha value is -2.39. The molecule has 0 saturated heterocycles. The van der Waals surface area contributed by atoms with E-state index in [2.05, 4.69) is 39.4 Å². The normalized spacial score (nSPS) is 10.5. The minimum absolute atomic E-state index is 0.109. The molecule has 0 radical (unpaired) electrons. The molecule has 0 aliphatic heterocycles. The van der Waals surface area contributed by atoms with E-state index in [1.165, 1.54) is 0 Å². The quantitative estimate of drug-likeness (QED) is 0.595. The van der Waals surface area contributed by atoms with Gasteiger partial charge in [0.15, 0.2) is 0 Å². The molecule has 0 fully saturated rings. The van der Waals surface area contributed by atoms with Crippen LogP contribution < -0.4 is 5.32 Å². The Kier molecular flexibility index (Phi) is 4.81. The first-order valence-electron chi connectivity index (χ1n) is 7.78. The van der Waals surface area contributed by atoms with Crippen molar-refractivity contribution in [3.05, 3.63) is 87.9 Å². The first-order valence-corrected chi connectivity index (χ1v) is 8.57. The van der Waals surface area contributed by atoms with Crippen molar-refractivity contribution in [3.8, 4) is 11.1 Å². The van der Waals surface area contributed by atoms with Gasteiger partial charge in [-0.3, -0.25) is 4.79 Å². The van der Waals surface area contributed by atoms with Crippen molar-refractivity contribution in [2.45, 2.75) is 13.8 Å². The van der Waals surface area contributed by atoms with Crippen LogP contribution in [0.25, 0.3) is 11.1 Å². The Morgan fingerprint density at radius 1 is 0.875 bits per heavy atom. The van der Waals surface area contributed by atoms with E-state index in [4.69, 9.17) is 0 Å². The Balaban J connectivity index is 1.81. The summed E-state index contributed by atoms with van der Waals surface area (Å²) in [4.78, 5) is 12.5. The maximum atomic E-state index is 12.5. The maximum absolute atomic E-state index is 12.5. The standard InChI is InChI=1S/C21H18BrNO/c1-14-12-15(2)20(19(22)13-14)23-21(24)18-10-8-17(9-11-18)16-6-4-3-5-7-16/h3-13H,1-2H3,(H,23,24). The second-order valence-electron chi connectivity index (χ2n) is 5.84. The third-order valence-corrected chi connectivity index (χ3v) is 4.55. The lowest BCUT2D eigenvalue weighted by molar-refractivity contribution is 0.102. The lowest BCUT2D eigenvalue weighted by Gasteiger charge is -2.12. The van der Waals surface area contributed by atoms with Crippen molar-refractivity contribution in [1.82, 2.24) is 0 Å². The van der Waals surface area contributed by atoms with E-state index in [9.17, 15) is 4.79 Å². The number of hydrogen-bond donors (Lipinski definition) is 1. The first kappa shape index (κ1) is 16.5. The number of anilines is 1. The molecule has 0 atom stereocenters. The van der Waals surface area contributed by atoms with E-state index >= 15 is 0 Å². The van der Waals surface area contributed by atoms with Crippen LogP contribution in [0.15, 0.2) is 71.2 Å². The highest BCUT2D eigenvalue weighted by molar-refractivity contribution is 9.10. The van der Waals surface area contributed by atoms with Gasteiger partial charge in [-0.2, -0.15) is 0 Å². The molecular weight excluding hydrogens is 362 g/mol. The number of halogens is 1. The number of hydrogen-bond acceptors (Lipinski definition) is 1. The van der Waals surface area contributed by atoms with Crippen LogP contribution in [0.3, 0.4) is 0 Å². The monoisotopic (exact) mass is 379 g/mol. The molecule has 1 amide bonds. The molecule has 0 heterocycles. The van der Waals surface area contributed by atoms with Gasteiger partial charge in [-0.25, -0.2) is 0 Å². The van der Waals surface area contributed by atoms with Crippen molar-refractivity contribution in [1.29, 1.82) is 0 Å². The zero-order valence-corrected chi connectivity index (χ0v) is 15.2. The average molecular weight is 380 g/mol. The molecule has 0 unspecified atom stereocenters. The Bertz CT molecular complexity index is 847. The zero-order valence-electron chi connectivity index (χ0n) is 13.6. The molecule has 3 heteroatoms. The number of nitrogens with one attached hydrogen (secondary N) is 1. The number of aryl methyl sites for hydroxylation is 2. The summed E-state index contributed by atoms with van der Waals surface area (Å²) in [6.07, 6.45) is 0. The van der Waals surface area contributed by atoms with Crippen LogP contribution in [0.5, 0.6) is 0 Å². The third-order valence-electron chi connectivity index (χ3n) is 3.92. The molecule has 1 N–H and O–H groups in total. The highest BCUT2D eigenvalue weighted by Gasteiger charge is 2.11. The van der Waals surface area contributed by atoms with E-state index < -0.39 is 0 Å². The highest BCUT2D eigenvalue weighted by Crippen LogP contribution is 2.28. The van der Waals surface area contributed by atoms with Crippen molar-refractivity contribution >= 4 is 27.5 Å². The van der Waals surface area contributed by atoms with Crippen molar-refractivity contribution in [2.75, 3.05) is 5.32 Å². The fraction of sp³-hybridized carbons (Fsp3) is 0.0952. The summed E-state index contributed by atoms with van der Waals surface area (Å²) < 4.78 is 0.897. The molecular formula is C21H18BrNO. The van der Waals surface area contributed by atoms with Gasteiger partial charge in [0.05, 0.1) is 5.69 Å². The van der Waals surface area contributed by atoms with Gasteiger partial charge in [0.2, 0.25) is 0 Å². The van der Waals surface area contributed by atoms with Gasteiger partial charge >= 0.3 is 0 Å². The summed E-state index contributed by atoms with van der Waals surface area (Å²) in [5, 5.41) is 3.00. The van der Waals surface area contributed by atoms with E-state index in [0.717, 1.165) is 32.4 Å². The second-order valence-corrected chi connectivity index (χ2v) is 6.69. The minimum Gasteiger partial charge on any atom is -0.321 e. The Morgan fingerprint density at radius 3 is 2.12 bits per heavy atom. The van der Waals surface area contributed by atoms with Gasteiger partial charge < -0.3 is 5.32 Å². The Morgan fingerprint density at radius 2 is 1.50 bits per heavy atom. The van der Waals surface area contributed by atoms with Crippen LogP contribution >= 0.6 is 15.9 Å². The van der Waals surface area contributed by atoms with E-state index in [1.54, 1.807) is 0 Å². The fourth-order valence-corrected chi connectivity index (χ4v) is 3.48. The van der Waals surface area contributed by atoms with Crippen LogP contribution in [0.2, 0.25) is 0 Å². The Labute approximate surface area is 150 Å². The molecule has 0 saturated carbocycles. The van der Waals surface area contributed by atoms with Gasteiger partial charge in [-0.15, -0.1) is 0 Å². The smallest absolute Gasteiger partial charge is 0.255 e. The van der Waals surface area contributed by atoms with Gasteiger partial charge in [-0.1, -0.05) is 48.5 Å². The van der Waals surface area contributed by atoms with E-state index in [0.29, 0.717) is 5.56 Å². The molecule has 120 valence electrons. The van der Waals surface area contributed by atoms with E-state index in [1.807, 2.05) is 62.4 Å². The maximum Gasteiger partial charge on any atom is 0.255 e. The summed E-state index contributed by atoms with van der Waals surface area (Å²) in [7, 11) is 0.